The Balaban J connectivity index is 1.42. The minimum absolute atomic E-state index is 0.622. The molecular formula is C17H20N6. The Hall–Kier alpha value is -2.34. The van der Waals surface area contributed by atoms with Gasteiger partial charge in [-0.3, -0.25) is 14.9 Å². The van der Waals surface area contributed by atoms with Crippen LogP contribution < -0.4 is 0 Å². The second-order valence-corrected chi connectivity index (χ2v) is 6.21. The number of benzene rings is 1. The molecule has 0 N–H and O–H groups in total. The summed E-state index contributed by atoms with van der Waals surface area (Å²) in [6.45, 7) is 4.13. The van der Waals surface area contributed by atoms with E-state index in [-0.39, 0.29) is 0 Å². The van der Waals surface area contributed by atoms with Gasteiger partial charge in [-0.2, -0.15) is 15.0 Å². The van der Waals surface area contributed by atoms with E-state index in [2.05, 4.69) is 43.3 Å². The molecule has 118 valence electrons. The summed E-state index contributed by atoms with van der Waals surface area (Å²) < 4.78 is 0. The number of hydrogen-bond acceptors (Lipinski definition) is 5. The summed E-state index contributed by atoms with van der Waals surface area (Å²) >= 11 is 0. The van der Waals surface area contributed by atoms with Gasteiger partial charge in [-0.05, 0) is 43.0 Å². The monoisotopic (exact) mass is 308 g/mol. The second kappa shape index (κ2) is 6.42. The first-order chi connectivity index (χ1) is 11.4. The normalized spacial score (nSPS) is 19.2. The van der Waals surface area contributed by atoms with Crippen LogP contribution in [0, 0.1) is 5.92 Å². The van der Waals surface area contributed by atoms with Crippen LogP contribution in [0.25, 0.3) is 11.0 Å². The Kier molecular flexibility index (Phi) is 3.98. The molecule has 0 aliphatic carbocycles. The van der Waals surface area contributed by atoms with Crippen molar-refractivity contribution in [3.63, 3.8) is 0 Å². The molecular weight excluding hydrogens is 288 g/mol. The average Bonchev–Trinajstić information content (AvgIpc) is 3.08. The maximum atomic E-state index is 4.40. The van der Waals surface area contributed by atoms with Gasteiger partial charge >= 0.3 is 0 Å². The molecule has 6 nitrogen and oxygen atoms in total. The third-order valence-electron chi connectivity index (χ3n) is 4.43. The van der Waals surface area contributed by atoms with Crippen molar-refractivity contribution >= 4 is 11.0 Å². The highest BCUT2D eigenvalue weighted by molar-refractivity contribution is 5.74. The van der Waals surface area contributed by atoms with E-state index in [9.17, 15) is 0 Å². The number of nitrogens with zero attached hydrogens (tertiary/aromatic N) is 6. The lowest BCUT2D eigenvalue weighted by molar-refractivity contribution is 0.150. The summed E-state index contributed by atoms with van der Waals surface area (Å²) in [5, 5.41) is 8.45. The van der Waals surface area contributed by atoms with E-state index in [0.717, 1.165) is 37.2 Å². The van der Waals surface area contributed by atoms with Gasteiger partial charge in [0.15, 0.2) is 0 Å². The van der Waals surface area contributed by atoms with E-state index in [1.165, 1.54) is 18.4 Å². The quantitative estimate of drug-likeness (QED) is 0.739. The van der Waals surface area contributed by atoms with Crippen LogP contribution in [-0.2, 0) is 13.1 Å². The molecule has 1 aliphatic rings. The molecule has 1 atom stereocenters. The van der Waals surface area contributed by atoms with Crippen LogP contribution >= 0.6 is 0 Å². The fourth-order valence-corrected chi connectivity index (χ4v) is 3.38. The van der Waals surface area contributed by atoms with Crippen molar-refractivity contribution in [2.75, 3.05) is 13.1 Å². The van der Waals surface area contributed by atoms with Gasteiger partial charge in [0.1, 0.15) is 0 Å². The van der Waals surface area contributed by atoms with Crippen molar-refractivity contribution in [3.05, 3.63) is 48.5 Å². The fraction of sp³-hybridized carbons (Fsp3) is 0.412. The van der Waals surface area contributed by atoms with Gasteiger partial charge in [0.05, 0.1) is 30.0 Å². The van der Waals surface area contributed by atoms with Crippen molar-refractivity contribution in [2.24, 2.45) is 5.92 Å². The van der Waals surface area contributed by atoms with E-state index in [0.29, 0.717) is 5.92 Å². The van der Waals surface area contributed by atoms with E-state index in [4.69, 9.17) is 0 Å². The van der Waals surface area contributed by atoms with Crippen LogP contribution in [0.5, 0.6) is 0 Å². The SMILES string of the molecule is c1cnc2cc(CN3CCCC(Cn4nccn4)C3)ccc2n1. The molecule has 0 amide bonds. The van der Waals surface area contributed by atoms with Crippen molar-refractivity contribution < 1.29 is 0 Å². The minimum atomic E-state index is 0.622. The van der Waals surface area contributed by atoms with Crippen LogP contribution in [-0.4, -0.2) is 43.0 Å². The first-order valence-electron chi connectivity index (χ1n) is 8.13. The Morgan fingerprint density at radius 2 is 1.83 bits per heavy atom. The first-order valence-corrected chi connectivity index (χ1v) is 8.13. The van der Waals surface area contributed by atoms with Crippen LogP contribution in [0.4, 0.5) is 0 Å². The minimum Gasteiger partial charge on any atom is -0.299 e. The van der Waals surface area contributed by atoms with E-state index in [1.807, 2.05) is 0 Å². The smallest absolute Gasteiger partial charge is 0.0890 e. The third-order valence-corrected chi connectivity index (χ3v) is 4.43. The average molecular weight is 308 g/mol. The molecule has 1 unspecified atom stereocenters. The van der Waals surface area contributed by atoms with Crippen molar-refractivity contribution in [1.82, 2.24) is 29.9 Å². The Bertz CT molecular complexity index is 770. The Morgan fingerprint density at radius 1 is 1.00 bits per heavy atom. The Labute approximate surface area is 135 Å². The number of hydrogen-bond donors (Lipinski definition) is 0. The predicted molar refractivity (Wildman–Crippen MR) is 87.6 cm³/mol. The van der Waals surface area contributed by atoms with Crippen LogP contribution in [0.2, 0.25) is 0 Å². The molecule has 1 fully saturated rings. The molecule has 2 aromatic heterocycles. The summed E-state index contributed by atoms with van der Waals surface area (Å²) in [7, 11) is 0. The summed E-state index contributed by atoms with van der Waals surface area (Å²) in [6, 6.07) is 6.38. The van der Waals surface area contributed by atoms with E-state index in [1.54, 1.807) is 29.6 Å². The molecule has 3 aromatic rings. The zero-order chi connectivity index (χ0) is 15.5. The lowest BCUT2D eigenvalue weighted by atomic mass is 9.97. The zero-order valence-corrected chi connectivity index (χ0v) is 13.0. The third kappa shape index (κ3) is 3.37. The molecule has 1 saturated heterocycles. The van der Waals surface area contributed by atoms with Gasteiger partial charge in [-0.25, -0.2) is 0 Å². The summed E-state index contributed by atoms with van der Waals surface area (Å²) in [6.07, 6.45) is 9.47. The van der Waals surface area contributed by atoms with Gasteiger partial charge < -0.3 is 0 Å². The molecule has 3 heterocycles. The molecule has 0 saturated carbocycles. The largest absolute Gasteiger partial charge is 0.299 e. The lowest BCUT2D eigenvalue weighted by Gasteiger charge is -2.32. The molecule has 0 bridgehead atoms. The topological polar surface area (TPSA) is 59.7 Å². The first kappa shape index (κ1) is 14.3. The van der Waals surface area contributed by atoms with Gasteiger partial charge in [-0.15, -0.1) is 0 Å². The van der Waals surface area contributed by atoms with Crippen LogP contribution in [0.15, 0.2) is 43.0 Å². The highest BCUT2D eigenvalue weighted by Crippen LogP contribution is 2.20. The maximum Gasteiger partial charge on any atom is 0.0890 e. The number of likely N-dealkylation sites (tertiary alicyclic amines) is 1. The fourth-order valence-electron chi connectivity index (χ4n) is 3.38. The van der Waals surface area contributed by atoms with Crippen LogP contribution in [0.3, 0.4) is 0 Å². The lowest BCUT2D eigenvalue weighted by Crippen LogP contribution is -2.36. The molecule has 6 heteroatoms. The Morgan fingerprint density at radius 3 is 2.70 bits per heavy atom. The number of aromatic nitrogens is 5. The highest BCUT2D eigenvalue weighted by Gasteiger charge is 2.21. The summed E-state index contributed by atoms with van der Waals surface area (Å²) in [5.74, 6) is 0.622. The standard InChI is InChI=1S/C17H20N6/c1-2-15(13-23-20-7-8-21-23)12-22(9-1)11-14-3-4-16-17(10-14)19-6-5-18-16/h3-8,10,15H,1-2,9,11-13H2. The van der Waals surface area contributed by atoms with Crippen molar-refractivity contribution in [2.45, 2.75) is 25.9 Å². The molecule has 0 radical (unpaired) electrons. The molecule has 1 aliphatic heterocycles. The number of rotatable bonds is 4. The van der Waals surface area contributed by atoms with Crippen molar-refractivity contribution in [1.29, 1.82) is 0 Å². The maximum absolute atomic E-state index is 4.40. The predicted octanol–water partition coefficient (Wildman–Crippen LogP) is 2.13. The van der Waals surface area contributed by atoms with Gasteiger partial charge in [0, 0.05) is 25.5 Å². The highest BCUT2D eigenvalue weighted by atomic mass is 15.5. The molecule has 0 spiro atoms. The zero-order valence-electron chi connectivity index (χ0n) is 13.0. The van der Waals surface area contributed by atoms with Gasteiger partial charge in [-0.1, -0.05) is 6.07 Å². The summed E-state index contributed by atoms with van der Waals surface area (Å²) in [4.78, 5) is 13.1. The molecule has 1 aromatic carbocycles. The van der Waals surface area contributed by atoms with E-state index < -0.39 is 0 Å². The molecule has 23 heavy (non-hydrogen) atoms. The number of piperidine rings is 1. The second-order valence-electron chi connectivity index (χ2n) is 6.21. The number of fused-ring (bicyclic) bond motifs is 1. The van der Waals surface area contributed by atoms with Gasteiger partial charge in [0.25, 0.3) is 0 Å². The summed E-state index contributed by atoms with van der Waals surface area (Å²) in [5.41, 5.74) is 3.23. The van der Waals surface area contributed by atoms with Crippen molar-refractivity contribution in [3.8, 4) is 0 Å². The van der Waals surface area contributed by atoms with Crippen LogP contribution in [0.1, 0.15) is 18.4 Å². The van der Waals surface area contributed by atoms with Gasteiger partial charge in [0.2, 0.25) is 0 Å². The molecule has 4 rings (SSSR count). The van der Waals surface area contributed by atoms with E-state index >= 15 is 0 Å².